The van der Waals surface area contributed by atoms with Crippen LogP contribution in [-0.2, 0) is 20.5 Å². The highest BCUT2D eigenvalue weighted by Gasteiger charge is 2.22. The third-order valence-corrected chi connectivity index (χ3v) is 8.92. The number of methoxy groups -OCH3 is 1. The number of carbonyl (C=O) groups excluding carboxylic acids is 1. The molecule has 7 rings (SSSR count). The summed E-state index contributed by atoms with van der Waals surface area (Å²) in [4.78, 5) is 46.9. The van der Waals surface area contributed by atoms with Gasteiger partial charge in [-0.1, -0.05) is 71.0 Å². The minimum atomic E-state index is -0.530. The summed E-state index contributed by atoms with van der Waals surface area (Å²) in [5, 5.41) is 3.53. The quantitative estimate of drug-likeness (QED) is 0.165. The predicted molar refractivity (Wildman–Crippen MR) is 224 cm³/mol. The fourth-order valence-corrected chi connectivity index (χ4v) is 6.00. The van der Waals surface area contributed by atoms with Gasteiger partial charge in [-0.2, -0.15) is 0 Å². The summed E-state index contributed by atoms with van der Waals surface area (Å²) in [6.07, 6.45) is 3.94. The molecule has 7 aromatic rings. The Hall–Kier alpha value is -6.69. The van der Waals surface area contributed by atoms with Gasteiger partial charge in [0.05, 0.1) is 35.9 Å². The lowest BCUT2D eigenvalue weighted by atomic mass is 10.2. The number of amides is 1. The molecule has 12 nitrogen and oxygen atoms in total. The third-order valence-electron chi connectivity index (χ3n) is 8.92. The number of benzene rings is 3. The second-order valence-electron chi connectivity index (χ2n) is 12.0. The zero-order valence-electron chi connectivity index (χ0n) is 33.8. The summed E-state index contributed by atoms with van der Waals surface area (Å²) in [7, 11) is 5.26. The molecule has 56 heavy (non-hydrogen) atoms. The first-order valence-corrected chi connectivity index (χ1v) is 18.7. The van der Waals surface area contributed by atoms with Crippen LogP contribution in [0.3, 0.4) is 0 Å². The number of carbonyl (C=O) groups is 1. The van der Waals surface area contributed by atoms with Crippen molar-refractivity contribution in [3.05, 3.63) is 153 Å². The zero-order chi connectivity index (χ0) is 40.9. The van der Waals surface area contributed by atoms with E-state index < -0.39 is 11.5 Å². The van der Waals surface area contributed by atoms with Crippen LogP contribution in [0, 0.1) is 13.8 Å². The molecule has 0 radical (unpaired) electrons. The Labute approximate surface area is 327 Å². The maximum Gasteiger partial charge on any atom is 0.284 e. The van der Waals surface area contributed by atoms with Crippen LogP contribution >= 0.6 is 0 Å². The van der Waals surface area contributed by atoms with Gasteiger partial charge >= 0.3 is 0 Å². The molecule has 0 aliphatic carbocycles. The van der Waals surface area contributed by atoms with E-state index >= 15 is 0 Å². The van der Waals surface area contributed by atoms with E-state index in [1.54, 1.807) is 54.8 Å². The van der Waals surface area contributed by atoms with E-state index in [1.807, 2.05) is 132 Å². The summed E-state index contributed by atoms with van der Waals surface area (Å²) < 4.78 is 18.0. The first kappa shape index (κ1) is 42.1. The number of nitrogens with zero attached hydrogens (tertiary/aromatic N) is 6. The molecule has 0 atom stereocenters. The first-order valence-electron chi connectivity index (χ1n) is 18.7. The molecule has 0 aliphatic heterocycles. The minimum Gasteiger partial charge on any atom is -0.497 e. The number of hydrogen-bond acceptors (Lipinski definition) is 7. The number of anilines is 1. The zero-order valence-corrected chi connectivity index (χ0v) is 33.8. The molecule has 1 amide bonds. The molecule has 4 heterocycles. The molecule has 3 aromatic carbocycles. The van der Waals surface area contributed by atoms with Gasteiger partial charge in [-0.15, -0.1) is 0 Å². The van der Waals surface area contributed by atoms with E-state index in [4.69, 9.17) is 9.47 Å². The van der Waals surface area contributed by atoms with Gasteiger partial charge < -0.3 is 14.8 Å². The molecular weight excluding hydrogens is 707 g/mol. The molecule has 4 aromatic heterocycles. The highest BCUT2D eigenvalue weighted by atomic mass is 16.5. The van der Waals surface area contributed by atoms with Crippen LogP contribution in [0.25, 0.3) is 22.3 Å². The Morgan fingerprint density at radius 3 is 1.82 bits per heavy atom. The number of nitrogens with one attached hydrogen (secondary N) is 1. The Morgan fingerprint density at radius 1 is 0.714 bits per heavy atom. The van der Waals surface area contributed by atoms with E-state index in [0.29, 0.717) is 34.4 Å². The lowest BCUT2D eigenvalue weighted by Crippen LogP contribution is -2.25. The van der Waals surface area contributed by atoms with Gasteiger partial charge in [-0.05, 0) is 74.9 Å². The Balaban J connectivity index is 0.000000291. The molecule has 0 spiro atoms. The van der Waals surface area contributed by atoms with Crippen molar-refractivity contribution in [3.8, 4) is 28.6 Å². The minimum absolute atomic E-state index is 0.0576. The highest BCUT2D eigenvalue weighted by Crippen LogP contribution is 2.31. The van der Waals surface area contributed by atoms with Crippen molar-refractivity contribution in [2.75, 3.05) is 12.4 Å². The lowest BCUT2D eigenvalue weighted by Gasteiger charge is -2.10. The number of hydrogen-bond donors (Lipinski definition) is 1. The summed E-state index contributed by atoms with van der Waals surface area (Å²) in [5.74, 6) is 1.57. The molecular formula is C44H51N7O5. The van der Waals surface area contributed by atoms with Crippen molar-refractivity contribution in [2.24, 2.45) is 14.1 Å². The molecule has 1 N–H and O–H groups in total. The Kier molecular flexibility index (Phi) is 14.7. The first-order chi connectivity index (χ1) is 27.1. The van der Waals surface area contributed by atoms with Gasteiger partial charge in [-0.3, -0.25) is 28.7 Å². The molecule has 12 heteroatoms. The number of ether oxygens (including phenoxy) is 2. The molecule has 0 fully saturated rings. The second kappa shape index (κ2) is 19.6. The van der Waals surface area contributed by atoms with Crippen LogP contribution in [0.2, 0.25) is 0 Å². The molecule has 0 unspecified atom stereocenters. The van der Waals surface area contributed by atoms with Gasteiger partial charge in [-0.25, -0.2) is 14.3 Å². The lowest BCUT2D eigenvalue weighted by molar-refractivity contribution is 0.102. The maximum absolute atomic E-state index is 13.1. The van der Waals surface area contributed by atoms with Crippen LogP contribution in [0.5, 0.6) is 17.2 Å². The topological polar surface area (TPSA) is 127 Å². The molecule has 0 aliphatic rings. The molecule has 0 saturated carbocycles. The largest absolute Gasteiger partial charge is 0.497 e. The smallest absolute Gasteiger partial charge is 0.284 e. The summed E-state index contributed by atoms with van der Waals surface area (Å²) >= 11 is 0. The monoisotopic (exact) mass is 757 g/mol. The average Bonchev–Trinajstić information content (AvgIpc) is 3.60. The van der Waals surface area contributed by atoms with Gasteiger partial charge in [0.2, 0.25) is 0 Å². The van der Waals surface area contributed by atoms with Crippen molar-refractivity contribution in [1.29, 1.82) is 0 Å². The fraction of sp³-hybridized carbons (Fsp3) is 0.250. The maximum atomic E-state index is 13.1. The number of fused-ring (bicyclic) bond motifs is 1. The van der Waals surface area contributed by atoms with Crippen molar-refractivity contribution in [1.82, 2.24) is 28.7 Å². The predicted octanol–water partition coefficient (Wildman–Crippen LogP) is 8.58. The SMILES string of the molecule is CC.CC.CCc1c(C)n(C)n(-c2ccccc2)c1=O.COc1ccc2c(Oc3ccc(NC(=O)c4c(C)n(C)n(-c5ccccc5)c4=O)nc3)ccnc2c1. The Bertz CT molecular complexity index is 2480. The van der Waals surface area contributed by atoms with Gasteiger partial charge in [0.25, 0.3) is 17.0 Å². The fourth-order valence-electron chi connectivity index (χ4n) is 6.00. The molecule has 292 valence electrons. The second-order valence-corrected chi connectivity index (χ2v) is 12.0. The highest BCUT2D eigenvalue weighted by molar-refractivity contribution is 6.04. The van der Waals surface area contributed by atoms with E-state index in [1.165, 1.54) is 10.9 Å². The number of para-hydroxylation sites is 2. The summed E-state index contributed by atoms with van der Waals surface area (Å²) in [6.45, 7) is 13.7. The normalized spacial score (nSPS) is 10.2. The standard InChI is InChI=1S/C27H23N5O4.C13H16N2O.2C2H6/c1-17-25(27(34)32(31(17)2)18-7-5-4-6-8-18)26(33)30-24-12-10-20(16-29-24)36-23-13-14-28-22-15-19(35-3)9-11-21(22)23;1-4-12-10(2)14(3)15(13(12)16)11-8-6-5-7-9-11;2*1-2/h4-16H,1-3H3,(H,29,30,33);5-9H,4H2,1-3H3;2*1-2H3. The van der Waals surface area contributed by atoms with Crippen LogP contribution in [0.1, 0.15) is 61.9 Å². The number of aromatic nitrogens is 6. The summed E-state index contributed by atoms with van der Waals surface area (Å²) in [5.41, 5.74) is 4.55. The Morgan fingerprint density at radius 2 is 1.29 bits per heavy atom. The van der Waals surface area contributed by atoms with Gasteiger partial charge in [0.1, 0.15) is 28.6 Å². The summed E-state index contributed by atoms with van der Waals surface area (Å²) in [6, 6.07) is 29.5. The third kappa shape index (κ3) is 8.98. The van der Waals surface area contributed by atoms with E-state index in [0.717, 1.165) is 34.3 Å². The van der Waals surface area contributed by atoms with Gasteiger partial charge in [0.15, 0.2) is 0 Å². The van der Waals surface area contributed by atoms with Crippen molar-refractivity contribution in [3.63, 3.8) is 0 Å². The molecule has 0 saturated heterocycles. The number of rotatable bonds is 8. The van der Waals surface area contributed by atoms with Crippen molar-refractivity contribution >= 4 is 22.6 Å². The van der Waals surface area contributed by atoms with Crippen molar-refractivity contribution < 1.29 is 14.3 Å². The van der Waals surface area contributed by atoms with Crippen LogP contribution in [0.15, 0.2) is 119 Å². The van der Waals surface area contributed by atoms with E-state index in [-0.39, 0.29) is 11.1 Å². The van der Waals surface area contributed by atoms with Crippen LogP contribution < -0.4 is 25.9 Å². The van der Waals surface area contributed by atoms with E-state index in [9.17, 15) is 14.4 Å². The van der Waals surface area contributed by atoms with Crippen molar-refractivity contribution in [2.45, 2.75) is 54.9 Å². The van der Waals surface area contributed by atoms with Crippen LogP contribution in [-0.4, -0.2) is 41.7 Å². The average molecular weight is 758 g/mol. The molecule has 0 bridgehead atoms. The van der Waals surface area contributed by atoms with Gasteiger partial charge in [0, 0.05) is 43.0 Å². The number of pyridine rings is 2. The van der Waals surface area contributed by atoms with E-state index in [2.05, 4.69) is 15.3 Å². The van der Waals surface area contributed by atoms with Crippen LogP contribution in [0.4, 0.5) is 5.82 Å².